The first-order valence-electron chi connectivity index (χ1n) is 7.54. The largest absolute Gasteiger partial charge is 0.348 e. The predicted octanol–water partition coefficient (Wildman–Crippen LogP) is 3.92. The molecule has 1 aliphatic carbocycles. The lowest BCUT2D eigenvalue weighted by Crippen LogP contribution is -2.37. The number of hydrogen-bond acceptors (Lipinski definition) is 4. The van der Waals surface area contributed by atoms with Gasteiger partial charge in [-0.2, -0.15) is 0 Å². The molecule has 0 bridgehead atoms. The molecule has 1 aromatic rings. The summed E-state index contributed by atoms with van der Waals surface area (Å²) in [7, 11) is 0. The van der Waals surface area contributed by atoms with Gasteiger partial charge in [0.15, 0.2) is 10.9 Å². The number of aromatic nitrogens is 1. The second-order valence-electron chi connectivity index (χ2n) is 7.86. The smallest absolute Gasteiger partial charge is 0.186 e. The van der Waals surface area contributed by atoms with Gasteiger partial charge < -0.3 is 4.90 Å². The Labute approximate surface area is 125 Å². The van der Waals surface area contributed by atoms with Crippen molar-refractivity contribution < 1.29 is 4.79 Å². The van der Waals surface area contributed by atoms with Gasteiger partial charge in [-0.05, 0) is 30.1 Å². The van der Waals surface area contributed by atoms with Gasteiger partial charge in [-0.15, -0.1) is 0 Å². The van der Waals surface area contributed by atoms with E-state index in [9.17, 15) is 4.79 Å². The zero-order chi connectivity index (χ0) is 14.5. The molecular formula is C16H24N2OS. The third-order valence-corrected chi connectivity index (χ3v) is 5.81. The van der Waals surface area contributed by atoms with Gasteiger partial charge in [-0.3, -0.25) is 4.79 Å². The van der Waals surface area contributed by atoms with Gasteiger partial charge in [-0.25, -0.2) is 4.98 Å². The molecule has 1 fully saturated rings. The van der Waals surface area contributed by atoms with Crippen LogP contribution < -0.4 is 4.90 Å². The normalized spacial score (nSPS) is 24.6. The number of nitrogens with zero attached hydrogens (tertiary/aromatic N) is 2. The molecule has 0 spiro atoms. The van der Waals surface area contributed by atoms with Gasteiger partial charge in [0.25, 0.3) is 0 Å². The number of anilines is 1. The first-order valence-corrected chi connectivity index (χ1v) is 8.35. The van der Waals surface area contributed by atoms with Gasteiger partial charge in [0.2, 0.25) is 0 Å². The first-order chi connectivity index (χ1) is 9.26. The van der Waals surface area contributed by atoms with Crippen LogP contribution in [0.4, 0.5) is 5.13 Å². The van der Waals surface area contributed by atoms with E-state index < -0.39 is 0 Å². The lowest BCUT2D eigenvalue weighted by atomic mass is 9.78. The van der Waals surface area contributed by atoms with Crippen LogP contribution in [0.15, 0.2) is 0 Å². The second-order valence-corrected chi connectivity index (χ2v) is 8.84. The summed E-state index contributed by atoms with van der Waals surface area (Å²) >= 11 is 1.62. The molecule has 0 saturated carbocycles. The molecule has 2 aliphatic rings. The highest BCUT2D eigenvalue weighted by molar-refractivity contribution is 7.17. The maximum Gasteiger partial charge on any atom is 0.186 e. The molecule has 0 unspecified atom stereocenters. The van der Waals surface area contributed by atoms with E-state index in [1.807, 2.05) is 0 Å². The molecule has 0 radical (unpaired) electrons. The summed E-state index contributed by atoms with van der Waals surface area (Å²) in [5.74, 6) is 0.289. The van der Waals surface area contributed by atoms with Crippen molar-refractivity contribution in [1.82, 2.24) is 4.98 Å². The lowest BCUT2D eigenvalue weighted by Gasteiger charge is -2.36. The summed E-state index contributed by atoms with van der Waals surface area (Å²) in [5, 5.41) is 1.07. The summed E-state index contributed by atoms with van der Waals surface area (Å²) < 4.78 is 0. The van der Waals surface area contributed by atoms with Crippen LogP contribution in [0, 0.1) is 10.8 Å². The van der Waals surface area contributed by atoms with Crippen LogP contribution in [0.1, 0.15) is 62.3 Å². The van der Waals surface area contributed by atoms with Crippen molar-refractivity contribution in [3.8, 4) is 0 Å². The van der Waals surface area contributed by atoms with Crippen molar-refractivity contribution >= 4 is 22.3 Å². The van der Waals surface area contributed by atoms with Crippen molar-refractivity contribution in [2.45, 2.75) is 53.4 Å². The van der Waals surface area contributed by atoms with Crippen LogP contribution >= 0.6 is 11.3 Å². The Balaban J connectivity index is 1.82. The number of carbonyl (C=O) groups excluding carboxylic acids is 1. The molecule has 1 aliphatic heterocycles. The predicted molar refractivity (Wildman–Crippen MR) is 83.8 cm³/mol. The molecule has 1 aromatic heterocycles. The highest BCUT2D eigenvalue weighted by Gasteiger charge is 2.35. The summed E-state index contributed by atoms with van der Waals surface area (Å²) in [6.45, 7) is 11.1. The average Bonchev–Trinajstić information content (AvgIpc) is 2.71. The van der Waals surface area contributed by atoms with Crippen LogP contribution in [0.3, 0.4) is 0 Å². The summed E-state index contributed by atoms with van der Waals surface area (Å²) in [6.07, 6.45) is 4.01. The fourth-order valence-corrected chi connectivity index (χ4v) is 4.22. The number of fused-ring (bicyclic) bond motifs is 1. The second kappa shape index (κ2) is 4.55. The molecule has 0 N–H and O–H groups in total. The van der Waals surface area contributed by atoms with Gasteiger partial charge in [0.1, 0.15) is 0 Å². The zero-order valence-corrected chi connectivity index (χ0v) is 13.8. The van der Waals surface area contributed by atoms with E-state index >= 15 is 0 Å². The molecule has 0 aromatic carbocycles. The Hall–Kier alpha value is -0.900. The van der Waals surface area contributed by atoms with E-state index in [1.165, 1.54) is 12.8 Å². The Bertz CT molecular complexity index is 535. The molecule has 3 nitrogen and oxygen atoms in total. The summed E-state index contributed by atoms with van der Waals surface area (Å²) in [4.78, 5) is 20.3. The summed E-state index contributed by atoms with van der Waals surface area (Å²) in [6, 6.07) is 0. The topological polar surface area (TPSA) is 33.2 Å². The Morgan fingerprint density at radius 1 is 1.05 bits per heavy atom. The van der Waals surface area contributed by atoms with Crippen LogP contribution in [-0.4, -0.2) is 23.9 Å². The van der Waals surface area contributed by atoms with Crippen molar-refractivity contribution in [2.24, 2.45) is 10.8 Å². The zero-order valence-electron chi connectivity index (χ0n) is 13.0. The fraction of sp³-hybridized carbons (Fsp3) is 0.750. The number of carbonyl (C=O) groups is 1. The maximum atomic E-state index is 12.3. The highest BCUT2D eigenvalue weighted by Crippen LogP contribution is 2.40. The third-order valence-electron chi connectivity index (χ3n) is 4.61. The number of rotatable bonds is 1. The van der Waals surface area contributed by atoms with E-state index in [4.69, 9.17) is 4.98 Å². The van der Waals surface area contributed by atoms with Crippen molar-refractivity contribution in [1.29, 1.82) is 0 Å². The minimum Gasteiger partial charge on any atom is -0.348 e. The molecule has 2 heterocycles. The monoisotopic (exact) mass is 292 g/mol. The number of ketones is 1. The van der Waals surface area contributed by atoms with Crippen molar-refractivity contribution in [3.05, 3.63) is 10.6 Å². The number of hydrogen-bond donors (Lipinski definition) is 0. The third kappa shape index (κ3) is 2.62. The SMILES string of the molecule is CC1(C)CCN(c2nc3c(s2)C(=O)CC(C)(C)C3)CC1. The molecule has 4 heteroatoms. The molecule has 0 amide bonds. The van der Waals surface area contributed by atoms with Crippen LogP contribution in [0.2, 0.25) is 0 Å². The molecular weight excluding hydrogens is 268 g/mol. The molecule has 3 rings (SSSR count). The van der Waals surface area contributed by atoms with Crippen LogP contribution in [-0.2, 0) is 6.42 Å². The molecule has 110 valence electrons. The van der Waals surface area contributed by atoms with Gasteiger partial charge in [0, 0.05) is 19.5 Å². The minimum absolute atomic E-state index is 0.0688. The van der Waals surface area contributed by atoms with Gasteiger partial charge in [-0.1, -0.05) is 39.0 Å². The number of thiazole rings is 1. The molecule has 20 heavy (non-hydrogen) atoms. The van der Waals surface area contributed by atoms with E-state index in [-0.39, 0.29) is 11.2 Å². The number of piperidine rings is 1. The van der Waals surface area contributed by atoms with E-state index in [2.05, 4.69) is 32.6 Å². The minimum atomic E-state index is 0.0688. The molecule has 1 saturated heterocycles. The average molecular weight is 292 g/mol. The quantitative estimate of drug-likeness (QED) is 0.786. The lowest BCUT2D eigenvalue weighted by molar-refractivity contribution is 0.0916. The summed E-state index contributed by atoms with van der Waals surface area (Å²) in [5.41, 5.74) is 1.56. The highest BCUT2D eigenvalue weighted by atomic mass is 32.1. The van der Waals surface area contributed by atoms with Gasteiger partial charge in [0.05, 0.1) is 10.6 Å². The van der Waals surface area contributed by atoms with Crippen molar-refractivity contribution in [2.75, 3.05) is 18.0 Å². The molecule has 0 atom stereocenters. The van der Waals surface area contributed by atoms with Crippen LogP contribution in [0.25, 0.3) is 0 Å². The standard InChI is InChI=1S/C16H24N2OS/c1-15(2)5-7-18(8-6-15)14-17-11-9-16(3,4)10-12(19)13(11)20-14/h5-10H2,1-4H3. The Kier molecular flexibility index (Phi) is 3.20. The first kappa shape index (κ1) is 14.1. The van der Waals surface area contributed by atoms with Crippen molar-refractivity contribution in [3.63, 3.8) is 0 Å². The number of Topliss-reactive ketones (excluding diaryl/α,β-unsaturated/α-hetero) is 1. The van der Waals surface area contributed by atoms with E-state index in [0.29, 0.717) is 11.8 Å². The Morgan fingerprint density at radius 2 is 1.70 bits per heavy atom. The van der Waals surface area contributed by atoms with Crippen LogP contribution in [0.5, 0.6) is 0 Å². The Morgan fingerprint density at radius 3 is 2.35 bits per heavy atom. The maximum absolute atomic E-state index is 12.3. The van der Waals surface area contributed by atoms with E-state index in [0.717, 1.165) is 35.2 Å². The fourth-order valence-electron chi connectivity index (χ4n) is 3.15. The van der Waals surface area contributed by atoms with Gasteiger partial charge >= 0.3 is 0 Å². The van der Waals surface area contributed by atoms with E-state index in [1.54, 1.807) is 11.3 Å².